The molecule has 18 nitrogen and oxygen atoms in total. The van der Waals surface area contributed by atoms with E-state index in [4.69, 9.17) is 15.3 Å². The van der Waals surface area contributed by atoms with Crippen molar-refractivity contribution in [1.29, 1.82) is 0 Å². The summed E-state index contributed by atoms with van der Waals surface area (Å²) in [7, 11) is 0. The fourth-order valence-corrected chi connectivity index (χ4v) is 6.54. The van der Waals surface area contributed by atoms with Gasteiger partial charge >= 0.3 is 17.9 Å². The summed E-state index contributed by atoms with van der Waals surface area (Å²) < 4.78 is 2.13. The molecule has 18 heteroatoms. The average Bonchev–Trinajstić information content (AvgIpc) is 3.15. The van der Waals surface area contributed by atoms with Gasteiger partial charge in [-0.1, -0.05) is 24.3 Å². The molecule has 0 aliphatic carbocycles. The Balaban J connectivity index is 1.57. The smallest absolute Gasteiger partial charge is 0.305 e. The SMILES string of the molecule is O=C(O)CCNC(=O)CN1CCN(CCn2c3ccccc3c(=O)c3ccccc32)CCN(CC(=O)NCCC(=O)O)CCN(CC(=O)NCCC(=O)O)CC1. The van der Waals surface area contributed by atoms with Crippen LogP contribution in [0.1, 0.15) is 19.3 Å². The number of hydrogen-bond acceptors (Lipinski definition) is 11. The number of carboxylic acid groups (broad SMARTS) is 3. The second-order valence-electron chi connectivity index (χ2n) is 13.7. The third-order valence-corrected chi connectivity index (χ3v) is 9.53. The molecule has 3 aromatic rings. The number of carbonyl (C=O) groups excluding carboxylic acids is 3. The van der Waals surface area contributed by atoms with E-state index in [1.807, 2.05) is 63.2 Å². The monoisotopic (exact) mass is 780 g/mol. The van der Waals surface area contributed by atoms with E-state index in [1.165, 1.54) is 0 Å². The lowest BCUT2D eigenvalue weighted by Gasteiger charge is -2.34. The molecule has 1 aromatic heterocycles. The molecule has 4 rings (SSSR count). The zero-order valence-electron chi connectivity index (χ0n) is 31.5. The van der Waals surface area contributed by atoms with Crippen molar-refractivity contribution in [3.05, 3.63) is 58.8 Å². The number of aromatic nitrogens is 1. The molecule has 0 spiro atoms. The maximum atomic E-state index is 13.4. The fraction of sp³-hybridized carbons (Fsp3) is 0.500. The van der Waals surface area contributed by atoms with Gasteiger partial charge in [0.25, 0.3) is 0 Å². The first-order chi connectivity index (χ1) is 26.9. The van der Waals surface area contributed by atoms with Gasteiger partial charge in [0, 0.05) is 95.9 Å². The van der Waals surface area contributed by atoms with Gasteiger partial charge in [-0.3, -0.25) is 53.2 Å². The Morgan fingerprint density at radius 3 is 1.14 bits per heavy atom. The Labute approximate surface area is 324 Å². The van der Waals surface area contributed by atoms with Gasteiger partial charge in [-0.25, -0.2) is 0 Å². The van der Waals surface area contributed by atoms with Crippen LogP contribution in [0.4, 0.5) is 0 Å². The molecule has 0 atom stereocenters. The zero-order chi connectivity index (χ0) is 40.5. The zero-order valence-corrected chi connectivity index (χ0v) is 31.5. The van der Waals surface area contributed by atoms with Gasteiger partial charge in [0.05, 0.1) is 49.9 Å². The van der Waals surface area contributed by atoms with Crippen LogP contribution < -0.4 is 21.4 Å². The number of para-hydroxylation sites is 2. The summed E-state index contributed by atoms with van der Waals surface area (Å²) >= 11 is 0. The highest BCUT2D eigenvalue weighted by molar-refractivity contribution is 5.93. The number of carboxylic acids is 3. The van der Waals surface area contributed by atoms with Crippen molar-refractivity contribution in [3.63, 3.8) is 0 Å². The van der Waals surface area contributed by atoms with Crippen LogP contribution in [-0.4, -0.2) is 173 Å². The summed E-state index contributed by atoms with van der Waals surface area (Å²) in [6.45, 7) is 4.26. The number of pyridine rings is 1. The maximum Gasteiger partial charge on any atom is 0.305 e. The molecule has 2 aromatic carbocycles. The van der Waals surface area contributed by atoms with E-state index in [1.54, 1.807) is 0 Å². The van der Waals surface area contributed by atoms with Crippen LogP contribution in [0, 0.1) is 0 Å². The lowest BCUT2D eigenvalue weighted by Crippen LogP contribution is -2.51. The number of aliphatic carboxylic acids is 3. The Kier molecular flexibility index (Phi) is 17.2. The molecule has 2 heterocycles. The van der Waals surface area contributed by atoms with Crippen LogP contribution >= 0.6 is 0 Å². The van der Waals surface area contributed by atoms with Crippen molar-refractivity contribution in [2.75, 3.05) is 98.2 Å². The van der Waals surface area contributed by atoms with Crippen LogP contribution in [-0.2, 0) is 35.3 Å². The summed E-state index contributed by atoms with van der Waals surface area (Å²) in [6, 6.07) is 14.9. The minimum Gasteiger partial charge on any atom is -0.481 e. The number of carbonyl (C=O) groups is 6. The molecule has 1 fully saturated rings. The summed E-state index contributed by atoms with van der Waals surface area (Å²) in [4.78, 5) is 93.1. The van der Waals surface area contributed by atoms with Gasteiger partial charge in [0.1, 0.15) is 0 Å². The third-order valence-electron chi connectivity index (χ3n) is 9.53. The Morgan fingerprint density at radius 2 is 0.804 bits per heavy atom. The first-order valence-corrected chi connectivity index (χ1v) is 18.7. The standard InChI is InChI=1S/C38H52N8O10/c47-32(39-12-9-35(50)51)25-43-17-15-42(23-24-46-30-7-3-1-5-28(30)38(56)29-6-2-4-8-31(29)46)16-18-44(26-33(48)40-13-10-36(52)53)20-22-45(21-19-43)27-34(49)41-14-11-37(54)55/h1-8H,9-27H2,(H,39,47)(H,40,48)(H,41,49)(H,50,51)(H,52,53)(H,54,55). The molecule has 56 heavy (non-hydrogen) atoms. The summed E-state index contributed by atoms with van der Waals surface area (Å²) in [6.07, 6.45) is -0.661. The number of benzene rings is 2. The summed E-state index contributed by atoms with van der Waals surface area (Å²) in [5, 5.41) is 36.2. The number of amides is 3. The second-order valence-corrected chi connectivity index (χ2v) is 13.7. The molecule has 0 saturated carbocycles. The van der Waals surface area contributed by atoms with Gasteiger partial charge < -0.3 is 35.8 Å². The van der Waals surface area contributed by atoms with Crippen molar-refractivity contribution in [3.8, 4) is 0 Å². The number of nitrogens with one attached hydrogen (secondary N) is 3. The Bertz CT molecular complexity index is 1790. The fourth-order valence-electron chi connectivity index (χ4n) is 6.54. The van der Waals surface area contributed by atoms with Crippen LogP contribution in [0.5, 0.6) is 0 Å². The first kappa shape index (κ1) is 43.3. The lowest BCUT2D eigenvalue weighted by molar-refractivity contribution is -0.138. The summed E-state index contributed by atoms with van der Waals surface area (Å²) in [5.41, 5.74) is 1.56. The van der Waals surface area contributed by atoms with Gasteiger partial charge in [-0.15, -0.1) is 0 Å². The van der Waals surface area contributed by atoms with Crippen LogP contribution in [0.2, 0.25) is 0 Å². The Hall–Kier alpha value is -5.43. The first-order valence-electron chi connectivity index (χ1n) is 18.7. The van der Waals surface area contributed by atoms with Gasteiger partial charge in [-0.05, 0) is 24.3 Å². The number of hydrogen-bond donors (Lipinski definition) is 6. The van der Waals surface area contributed by atoms with Crippen LogP contribution in [0.3, 0.4) is 0 Å². The largest absolute Gasteiger partial charge is 0.481 e. The summed E-state index contributed by atoms with van der Waals surface area (Å²) in [5.74, 6) is -4.15. The number of rotatable bonds is 18. The molecule has 0 radical (unpaired) electrons. The molecule has 1 aliphatic rings. The highest BCUT2D eigenvalue weighted by Crippen LogP contribution is 2.19. The highest BCUT2D eigenvalue weighted by atomic mass is 16.4. The van der Waals surface area contributed by atoms with Crippen molar-refractivity contribution >= 4 is 57.4 Å². The van der Waals surface area contributed by atoms with E-state index in [2.05, 4.69) is 25.4 Å². The van der Waals surface area contributed by atoms with E-state index in [-0.39, 0.29) is 81.7 Å². The van der Waals surface area contributed by atoms with Crippen LogP contribution in [0.15, 0.2) is 53.3 Å². The van der Waals surface area contributed by atoms with E-state index in [0.717, 1.165) is 11.0 Å². The minimum atomic E-state index is -1.04. The maximum absolute atomic E-state index is 13.4. The molecular formula is C38H52N8O10. The predicted octanol–water partition coefficient (Wildman–Crippen LogP) is -0.851. The third kappa shape index (κ3) is 14.3. The number of nitrogens with zero attached hydrogens (tertiary/aromatic N) is 5. The Morgan fingerprint density at radius 1 is 0.482 bits per heavy atom. The average molecular weight is 781 g/mol. The molecule has 1 aliphatic heterocycles. The quantitative estimate of drug-likeness (QED) is 0.0864. The van der Waals surface area contributed by atoms with Crippen molar-refractivity contribution in [2.45, 2.75) is 25.8 Å². The van der Waals surface area contributed by atoms with Crippen molar-refractivity contribution in [1.82, 2.24) is 40.1 Å². The van der Waals surface area contributed by atoms with Gasteiger partial charge in [-0.2, -0.15) is 0 Å². The molecule has 0 unspecified atom stereocenters. The topological polar surface area (TPSA) is 234 Å². The molecule has 304 valence electrons. The van der Waals surface area contributed by atoms with E-state index in [0.29, 0.717) is 76.2 Å². The molecule has 0 bridgehead atoms. The lowest BCUT2D eigenvalue weighted by atomic mass is 10.1. The molecule has 3 amide bonds. The minimum absolute atomic E-state index is 0.0102. The van der Waals surface area contributed by atoms with Crippen LogP contribution in [0.25, 0.3) is 21.8 Å². The number of fused-ring (bicyclic) bond motifs is 2. The van der Waals surface area contributed by atoms with Crippen molar-refractivity contribution < 1.29 is 44.1 Å². The van der Waals surface area contributed by atoms with Gasteiger partial charge in [0.2, 0.25) is 17.7 Å². The van der Waals surface area contributed by atoms with E-state index < -0.39 is 17.9 Å². The highest BCUT2D eigenvalue weighted by Gasteiger charge is 2.21. The second kappa shape index (κ2) is 22.2. The predicted molar refractivity (Wildman–Crippen MR) is 207 cm³/mol. The van der Waals surface area contributed by atoms with Gasteiger partial charge in [0.15, 0.2) is 5.43 Å². The molecule has 6 N–H and O–H groups in total. The normalized spacial score (nSPS) is 15.4. The van der Waals surface area contributed by atoms with E-state index >= 15 is 0 Å². The van der Waals surface area contributed by atoms with E-state index in [9.17, 15) is 33.6 Å². The van der Waals surface area contributed by atoms with Crippen molar-refractivity contribution in [2.24, 2.45) is 0 Å². The molecular weight excluding hydrogens is 728 g/mol. The molecule has 1 saturated heterocycles.